The number of pyridine rings is 1. The van der Waals surface area contributed by atoms with Crippen molar-refractivity contribution in [1.82, 2.24) is 19.5 Å². The van der Waals surface area contributed by atoms with Gasteiger partial charge in [0.2, 0.25) is 10.0 Å². The van der Waals surface area contributed by atoms with E-state index in [4.69, 9.17) is 4.42 Å². The third-order valence-electron chi connectivity index (χ3n) is 4.64. The van der Waals surface area contributed by atoms with Gasteiger partial charge in [-0.05, 0) is 49.2 Å². The second-order valence-corrected chi connectivity index (χ2v) is 8.56. The summed E-state index contributed by atoms with van der Waals surface area (Å²) in [5.41, 5.74) is 1.39. The molecule has 3 aromatic rings. The zero-order valence-electron chi connectivity index (χ0n) is 15.3. The molecule has 1 fully saturated rings. The standard InChI is InChI=1S/C19H21N5O3S/c25-28(26,24-12-3-1-2-4-13-24)17-9-7-16(8-10-17)21-19-23-22-18(27-19)15-6-5-11-20-14-15/h5-11,14H,1-4,12-13H2,(H,21,23). The summed E-state index contributed by atoms with van der Waals surface area (Å²) in [5, 5.41) is 10.9. The molecule has 0 radical (unpaired) electrons. The first-order valence-electron chi connectivity index (χ1n) is 9.24. The second kappa shape index (κ2) is 8.07. The minimum absolute atomic E-state index is 0.224. The van der Waals surface area contributed by atoms with E-state index in [1.54, 1.807) is 47.0 Å². The lowest BCUT2D eigenvalue weighted by Gasteiger charge is -2.20. The molecule has 28 heavy (non-hydrogen) atoms. The quantitative estimate of drug-likeness (QED) is 0.701. The van der Waals surface area contributed by atoms with E-state index in [0.29, 0.717) is 29.6 Å². The Morgan fingerprint density at radius 3 is 2.39 bits per heavy atom. The SMILES string of the molecule is O=S(=O)(c1ccc(Nc2nnc(-c3cccnc3)o2)cc1)N1CCCCCC1. The van der Waals surface area contributed by atoms with E-state index < -0.39 is 10.0 Å². The third kappa shape index (κ3) is 4.05. The van der Waals surface area contributed by atoms with Crippen LogP contribution in [0.15, 0.2) is 58.1 Å². The molecule has 1 aliphatic heterocycles. The monoisotopic (exact) mass is 399 g/mol. The van der Waals surface area contributed by atoms with Crippen LogP contribution in [0.4, 0.5) is 11.7 Å². The fourth-order valence-electron chi connectivity index (χ4n) is 3.14. The van der Waals surface area contributed by atoms with Crippen LogP contribution in [0.3, 0.4) is 0 Å². The predicted octanol–water partition coefficient (Wildman–Crippen LogP) is 3.44. The van der Waals surface area contributed by atoms with E-state index in [0.717, 1.165) is 31.2 Å². The molecule has 0 spiro atoms. The molecule has 0 saturated carbocycles. The highest BCUT2D eigenvalue weighted by molar-refractivity contribution is 7.89. The molecule has 1 N–H and O–H groups in total. The molecule has 0 amide bonds. The molecular formula is C19H21N5O3S. The summed E-state index contributed by atoms with van der Waals surface area (Å²) in [6.07, 6.45) is 7.30. The number of aromatic nitrogens is 3. The maximum atomic E-state index is 12.8. The van der Waals surface area contributed by atoms with E-state index in [1.165, 1.54) is 0 Å². The van der Waals surface area contributed by atoms with Gasteiger partial charge >= 0.3 is 6.01 Å². The van der Waals surface area contributed by atoms with Crippen molar-refractivity contribution < 1.29 is 12.8 Å². The smallest absolute Gasteiger partial charge is 0.320 e. The molecule has 1 aromatic carbocycles. The maximum Gasteiger partial charge on any atom is 0.320 e. The minimum atomic E-state index is -3.46. The van der Waals surface area contributed by atoms with Crippen LogP contribution in [0, 0.1) is 0 Å². The van der Waals surface area contributed by atoms with Gasteiger partial charge in [-0.3, -0.25) is 4.98 Å². The van der Waals surface area contributed by atoms with E-state index in [-0.39, 0.29) is 6.01 Å². The first kappa shape index (κ1) is 18.6. The van der Waals surface area contributed by atoms with Crippen LogP contribution in [-0.4, -0.2) is 41.0 Å². The van der Waals surface area contributed by atoms with Gasteiger partial charge in [0.15, 0.2) is 0 Å². The Bertz CT molecular complexity index is 1010. The topological polar surface area (TPSA) is 101 Å². The van der Waals surface area contributed by atoms with Gasteiger partial charge in [-0.1, -0.05) is 17.9 Å². The van der Waals surface area contributed by atoms with Crippen molar-refractivity contribution in [3.8, 4) is 11.5 Å². The third-order valence-corrected chi connectivity index (χ3v) is 6.55. The van der Waals surface area contributed by atoms with Crippen molar-refractivity contribution in [3.63, 3.8) is 0 Å². The van der Waals surface area contributed by atoms with E-state index >= 15 is 0 Å². The number of benzene rings is 1. The minimum Gasteiger partial charge on any atom is -0.403 e. The Hall–Kier alpha value is -2.78. The Kier molecular flexibility index (Phi) is 5.36. The molecule has 146 valence electrons. The Labute approximate surface area is 163 Å². The van der Waals surface area contributed by atoms with Crippen LogP contribution < -0.4 is 5.32 Å². The van der Waals surface area contributed by atoms with Crippen LogP contribution >= 0.6 is 0 Å². The van der Waals surface area contributed by atoms with Gasteiger partial charge in [0.1, 0.15) is 0 Å². The van der Waals surface area contributed by atoms with Crippen LogP contribution in [0.1, 0.15) is 25.7 Å². The number of hydrogen-bond acceptors (Lipinski definition) is 7. The number of rotatable bonds is 5. The summed E-state index contributed by atoms with van der Waals surface area (Å²) in [4.78, 5) is 4.32. The van der Waals surface area contributed by atoms with E-state index in [1.807, 2.05) is 6.07 Å². The molecule has 3 heterocycles. The Balaban J connectivity index is 1.47. The summed E-state index contributed by atoms with van der Waals surface area (Å²) >= 11 is 0. The van der Waals surface area contributed by atoms with Crippen LogP contribution in [0.2, 0.25) is 0 Å². The van der Waals surface area contributed by atoms with Gasteiger partial charge in [0.05, 0.1) is 10.5 Å². The highest BCUT2D eigenvalue weighted by atomic mass is 32.2. The number of nitrogens with one attached hydrogen (secondary N) is 1. The number of sulfonamides is 1. The molecule has 1 aliphatic rings. The average Bonchev–Trinajstić information content (AvgIpc) is 3.00. The molecule has 8 nitrogen and oxygen atoms in total. The largest absolute Gasteiger partial charge is 0.403 e. The molecule has 4 rings (SSSR count). The highest BCUT2D eigenvalue weighted by Gasteiger charge is 2.25. The van der Waals surface area contributed by atoms with Gasteiger partial charge in [-0.15, -0.1) is 5.10 Å². The number of nitrogens with zero attached hydrogens (tertiary/aromatic N) is 4. The first-order valence-corrected chi connectivity index (χ1v) is 10.7. The van der Waals surface area contributed by atoms with Crippen LogP contribution in [0.25, 0.3) is 11.5 Å². The van der Waals surface area contributed by atoms with Crippen molar-refractivity contribution in [2.24, 2.45) is 0 Å². The van der Waals surface area contributed by atoms with Crippen LogP contribution in [-0.2, 0) is 10.0 Å². The van der Waals surface area contributed by atoms with E-state index in [9.17, 15) is 8.42 Å². The van der Waals surface area contributed by atoms with Gasteiger partial charge in [0.25, 0.3) is 5.89 Å². The molecule has 9 heteroatoms. The lowest BCUT2D eigenvalue weighted by Crippen LogP contribution is -2.31. The first-order chi connectivity index (χ1) is 13.6. The second-order valence-electron chi connectivity index (χ2n) is 6.62. The molecule has 0 atom stereocenters. The van der Waals surface area contributed by atoms with Crippen molar-refractivity contribution in [3.05, 3.63) is 48.8 Å². The van der Waals surface area contributed by atoms with E-state index in [2.05, 4.69) is 20.5 Å². The molecule has 0 bridgehead atoms. The summed E-state index contributed by atoms with van der Waals surface area (Å²) in [7, 11) is -3.46. The maximum absolute atomic E-state index is 12.8. The molecule has 2 aromatic heterocycles. The summed E-state index contributed by atoms with van der Waals surface area (Å²) < 4.78 is 32.8. The molecular weight excluding hydrogens is 378 g/mol. The fourth-order valence-corrected chi connectivity index (χ4v) is 4.66. The number of anilines is 2. The fraction of sp³-hybridized carbons (Fsp3) is 0.316. The van der Waals surface area contributed by atoms with Crippen molar-refractivity contribution >= 4 is 21.7 Å². The summed E-state index contributed by atoms with van der Waals surface area (Å²) in [6.45, 7) is 1.17. The van der Waals surface area contributed by atoms with Gasteiger partial charge in [0, 0.05) is 31.2 Å². The molecule has 1 saturated heterocycles. The zero-order valence-corrected chi connectivity index (χ0v) is 16.1. The van der Waals surface area contributed by atoms with Gasteiger partial charge in [-0.2, -0.15) is 4.31 Å². The predicted molar refractivity (Wildman–Crippen MR) is 104 cm³/mol. The molecule has 0 unspecified atom stereocenters. The normalized spacial score (nSPS) is 15.9. The Morgan fingerprint density at radius 2 is 1.71 bits per heavy atom. The van der Waals surface area contributed by atoms with Crippen molar-refractivity contribution in [2.45, 2.75) is 30.6 Å². The Morgan fingerprint density at radius 1 is 0.964 bits per heavy atom. The summed E-state index contributed by atoms with van der Waals surface area (Å²) in [6, 6.07) is 10.4. The number of hydrogen-bond donors (Lipinski definition) is 1. The van der Waals surface area contributed by atoms with Gasteiger partial charge < -0.3 is 9.73 Å². The summed E-state index contributed by atoms with van der Waals surface area (Å²) in [5.74, 6) is 0.357. The highest BCUT2D eigenvalue weighted by Crippen LogP contribution is 2.24. The molecule has 0 aliphatic carbocycles. The van der Waals surface area contributed by atoms with Crippen molar-refractivity contribution in [2.75, 3.05) is 18.4 Å². The zero-order chi connectivity index (χ0) is 19.4. The lowest BCUT2D eigenvalue weighted by atomic mass is 10.2. The average molecular weight is 399 g/mol. The van der Waals surface area contributed by atoms with Crippen LogP contribution in [0.5, 0.6) is 0 Å². The van der Waals surface area contributed by atoms with Crippen molar-refractivity contribution in [1.29, 1.82) is 0 Å². The van der Waals surface area contributed by atoms with Gasteiger partial charge in [-0.25, -0.2) is 8.42 Å². The lowest BCUT2D eigenvalue weighted by molar-refractivity contribution is 0.424.